The van der Waals surface area contributed by atoms with E-state index >= 15 is 0 Å². The first-order valence-corrected chi connectivity index (χ1v) is 7.25. The van der Waals surface area contributed by atoms with Gasteiger partial charge in [-0.3, -0.25) is 9.69 Å². The highest BCUT2D eigenvalue weighted by Gasteiger charge is 2.18. The lowest BCUT2D eigenvalue weighted by Crippen LogP contribution is -2.42. The molecule has 4 nitrogen and oxygen atoms in total. The summed E-state index contributed by atoms with van der Waals surface area (Å²) in [5, 5.41) is 3.63. The number of amides is 1. The zero-order valence-electron chi connectivity index (χ0n) is 12.4. The molecule has 0 aliphatic rings. The quantitative estimate of drug-likeness (QED) is 0.809. The van der Waals surface area contributed by atoms with Gasteiger partial charge in [0.2, 0.25) is 5.91 Å². The Morgan fingerprint density at radius 3 is 2.60 bits per heavy atom. The van der Waals surface area contributed by atoms with E-state index in [0.29, 0.717) is 19.5 Å². The number of carbonyl (C=O) groups is 1. The maximum atomic E-state index is 11.8. The van der Waals surface area contributed by atoms with Gasteiger partial charge in [-0.05, 0) is 32.5 Å². The van der Waals surface area contributed by atoms with Crippen molar-refractivity contribution in [2.45, 2.75) is 38.9 Å². The number of benzene rings is 1. The highest BCUT2D eigenvalue weighted by Crippen LogP contribution is 2.17. The van der Waals surface area contributed by atoms with Gasteiger partial charge in [0.25, 0.3) is 0 Å². The average Bonchev–Trinajstić information content (AvgIpc) is 2.37. The fourth-order valence-corrected chi connectivity index (χ4v) is 2.23. The van der Waals surface area contributed by atoms with Crippen LogP contribution in [0.5, 0.6) is 0 Å². The molecule has 1 atom stereocenters. The summed E-state index contributed by atoms with van der Waals surface area (Å²) in [4.78, 5) is 13.9. The molecule has 5 heteroatoms. The number of rotatable bonds is 7. The molecule has 1 aromatic rings. The van der Waals surface area contributed by atoms with E-state index in [-0.39, 0.29) is 18.0 Å². The monoisotopic (exact) mass is 297 g/mol. The third-order valence-electron chi connectivity index (χ3n) is 3.14. The summed E-state index contributed by atoms with van der Waals surface area (Å²) in [5.74, 6) is 0.0291. The largest absolute Gasteiger partial charge is 0.354 e. The predicted octanol–water partition coefficient (Wildman–Crippen LogP) is 2.01. The molecule has 0 aromatic heterocycles. The van der Waals surface area contributed by atoms with Crippen LogP contribution in [0.1, 0.15) is 25.8 Å². The van der Waals surface area contributed by atoms with Gasteiger partial charge in [0.05, 0.1) is 0 Å². The van der Waals surface area contributed by atoms with Gasteiger partial charge in [0, 0.05) is 36.6 Å². The third kappa shape index (κ3) is 5.49. The summed E-state index contributed by atoms with van der Waals surface area (Å²) in [6.07, 6.45) is 0.398. The van der Waals surface area contributed by atoms with Crippen molar-refractivity contribution in [1.29, 1.82) is 0 Å². The van der Waals surface area contributed by atoms with Gasteiger partial charge in [-0.2, -0.15) is 0 Å². The molecule has 0 heterocycles. The molecule has 0 saturated carbocycles. The van der Waals surface area contributed by atoms with Crippen molar-refractivity contribution in [2.24, 2.45) is 5.73 Å². The normalized spacial score (nSPS) is 12.8. The minimum absolute atomic E-state index is 0.00465. The molecule has 0 saturated heterocycles. The number of nitrogens with zero attached hydrogens (tertiary/aromatic N) is 1. The van der Waals surface area contributed by atoms with Crippen LogP contribution in [-0.4, -0.2) is 36.5 Å². The summed E-state index contributed by atoms with van der Waals surface area (Å²) >= 11 is 6.15. The Labute approximate surface area is 126 Å². The number of hydrogen-bond acceptors (Lipinski definition) is 3. The molecule has 0 aliphatic carbocycles. The minimum atomic E-state index is 0.00465. The lowest BCUT2D eigenvalue weighted by molar-refractivity contribution is -0.122. The van der Waals surface area contributed by atoms with Crippen LogP contribution in [0.4, 0.5) is 0 Å². The van der Waals surface area contributed by atoms with E-state index in [1.54, 1.807) is 0 Å². The molecule has 0 aliphatic heterocycles. The Balaban J connectivity index is 2.61. The van der Waals surface area contributed by atoms with Gasteiger partial charge >= 0.3 is 0 Å². The van der Waals surface area contributed by atoms with Crippen LogP contribution >= 0.6 is 11.6 Å². The second-order valence-corrected chi connectivity index (χ2v) is 5.73. The van der Waals surface area contributed by atoms with E-state index in [1.807, 2.05) is 45.2 Å². The Bertz CT molecular complexity index is 437. The zero-order valence-corrected chi connectivity index (χ0v) is 13.2. The molecule has 0 radical (unpaired) electrons. The van der Waals surface area contributed by atoms with Crippen molar-refractivity contribution >= 4 is 17.5 Å². The van der Waals surface area contributed by atoms with Crippen molar-refractivity contribution in [1.82, 2.24) is 10.2 Å². The highest BCUT2D eigenvalue weighted by molar-refractivity contribution is 6.31. The standard InChI is InChI=1S/C15H24ClN3O/c1-11(2)18-15(20)8-13(9-17)19(3)10-12-6-4-5-7-14(12)16/h4-7,11,13H,8-10,17H2,1-3H3,(H,18,20). The first-order valence-electron chi connectivity index (χ1n) is 6.87. The van der Waals surface area contributed by atoms with Crippen molar-refractivity contribution in [3.8, 4) is 0 Å². The van der Waals surface area contributed by atoms with Crippen LogP contribution in [0.15, 0.2) is 24.3 Å². The van der Waals surface area contributed by atoms with Gasteiger partial charge < -0.3 is 11.1 Å². The van der Waals surface area contributed by atoms with E-state index in [0.717, 1.165) is 10.6 Å². The van der Waals surface area contributed by atoms with Gasteiger partial charge in [0.15, 0.2) is 0 Å². The smallest absolute Gasteiger partial charge is 0.221 e. The number of nitrogens with two attached hydrogens (primary N) is 1. The predicted molar refractivity (Wildman–Crippen MR) is 83.7 cm³/mol. The van der Waals surface area contributed by atoms with Crippen LogP contribution in [-0.2, 0) is 11.3 Å². The van der Waals surface area contributed by atoms with Crippen LogP contribution in [0.2, 0.25) is 5.02 Å². The Morgan fingerprint density at radius 2 is 2.05 bits per heavy atom. The Hall–Kier alpha value is -1.10. The van der Waals surface area contributed by atoms with Crippen molar-refractivity contribution < 1.29 is 4.79 Å². The number of carbonyl (C=O) groups excluding carboxylic acids is 1. The first-order chi connectivity index (χ1) is 9.43. The zero-order chi connectivity index (χ0) is 15.1. The molecule has 1 rings (SSSR count). The molecule has 1 amide bonds. The summed E-state index contributed by atoms with van der Waals surface area (Å²) < 4.78 is 0. The maximum absolute atomic E-state index is 11.8. The van der Waals surface area contributed by atoms with Crippen LogP contribution in [0.3, 0.4) is 0 Å². The van der Waals surface area contributed by atoms with Crippen molar-refractivity contribution in [3.05, 3.63) is 34.9 Å². The lowest BCUT2D eigenvalue weighted by Gasteiger charge is -2.27. The fraction of sp³-hybridized carbons (Fsp3) is 0.533. The van der Waals surface area contributed by atoms with Crippen LogP contribution in [0, 0.1) is 0 Å². The average molecular weight is 298 g/mol. The third-order valence-corrected chi connectivity index (χ3v) is 3.51. The Morgan fingerprint density at radius 1 is 1.40 bits per heavy atom. The van der Waals surface area contributed by atoms with Gasteiger partial charge in [-0.1, -0.05) is 29.8 Å². The number of likely N-dealkylation sites (N-methyl/N-ethyl adjacent to an activating group) is 1. The highest BCUT2D eigenvalue weighted by atomic mass is 35.5. The minimum Gasteiger partial charge on any atom is -0.354 e. The molecular weight excluding hydrogens is 274 g/mol. The molecule has 0 fully saturated rings. The molecular formula is C15H24ClN3O. The van der Waals surface area contributed by atoms with Gasteiger partial charge in [0.1, 0.15) is 0 Å². The second kappa shape index (κ2) is 8.25. The fourth-order valence-electron chi connectivity index (χ4n) is 2.04. The van der Waals surface area contributed by atoms with E-state index in [4.69, 9.17) is 17.3 Å². The number of halogens is 1. The summed E-state index contributed by atoms with van der Waals surface area (Å²) in [7, 11) is 1.96. The summed E-state index contributed by atoms with van der Waals surface area (Å²) in [6, 6.07) is 7.87. The van der Waals surface area contributed by atoms with Gasteiger partial charge in [-0.25, -0.2) is 0 Å². The Kier molecular flexibility index (Phi) is 6.99. The SMILES string of the molecule is CC(C)NC(=O)CC(CN)N(C)Cc1ccccc1Cl. The van der Waals surface area contributed by atoms with Crippen LogP contribution < -0.4 is 11.1 Å². The second-order valence-electron chi connectivity index (χ2n) is 5.32. The van der Waals surface area contributed by atoms with E-state index < -0.39 is 0 Å². The molecule has 3 N–H and O–H groups in total. The molecule has 1 aromatic carbocycles. The molecule has 20 heavy (non-hydrogen) atoms. The summed E-state index contributed by atoms with van der Waals surface area (Å²) in [5.41, 5.74) is 6.83. The topological polar surface area (TPSA) is 58.4 Å². The van der Waals surface area contributed by atoms with Gasteiger partial charge in [-0.15, -0.1) is 0 Å². The molecule has 1 unspecified atom stereocenters. The molecule has 0 spiro atoms. The molecule has 112 valence electrons. The summed E-state index contributed by atoms with van der Waals surface area (Å²) in [6.45, 7) is 5.01. The first kappa shape index (κ1) is 17.0. The van der Waals surface area contributed by atoms with Crippen LogP contribution in [0.25, 0.3) is 0 Å². The lowest BCUT2D eigenvalue weighted by atomic mass is 10.1. The molecule has 0 bridgehead atoms. The van der Waals surface area contributed by atoms with Crippen molar-refractivity contribution in [3.63, 3.8) is 0 Å². The van der Waals surface area contributed by atoms with E-state index in [9.17, 15) is 4.79 Å². The number of hydrogen-bond donors (Lipinski definition) is 2. The van der Waals surface area contributed by atoms with Crippen molar-refractivity contribution in [2.75, 3.05) is 13.6 Å². The van der Waals surface area contributed by atoms with E-state index in [2.05, 4.69) is 10.2 Å². The van der Waals surface area contributed by atoms with E-state index in [1.165, 1.54) is 0 Å². The number of nitrogens with one attached hydrogen (secondary N) is 1. The maximum Gasteiger partial charge on any atom is 0.221 e.